The van der Waals surface area contributed by atoms with Crippen molar-refractivity contribution in [2.45, 2.75) is 44.8 Å². The van der Waals surface area contributed by atoms with Crippen LogP contribution in [0, 0.1) is 6.92 Å². The second-order valence-electron chi connectivity index (χ2n) is 5.32. The van der Waals surface area contributed by atoms with Crippen molar-refractivity contribution in [2.75, 3.05) is 20.3 Å². The molecule has 0 saturated carbocycles. The molecule has 1 aromatic rings. The SMILES string of the molecule is COC1(c2nc(C)cc(CC(C)N)n2)CCOCC1. The minimum Gasteiger partial charge on any atom is -0.381 e. The third-order valence-corrected chi connectivity index (χ3v) is 3.54. The molecule has 2 N–H and O–H groups in total. The van der Waals surface area contributed by atoms with Crippen molar-refractivity contribution in [1.29, 1.82) is 0 Å². The highest BCUT2D eigenvalue weighted by atomic mass is 16.5. The van der Waals surface area contributed by atoms with Gasteiger partial charge in [0.1, 0.15) is 5.60 Å². The molecule has 0 aromatic carbocycles. The number of hydrogen-bond acceptors (Lipinski definition) is 5. The first-order chi connectivity index (χ1) is 9.05. The molecule has 0 spiro atoms. The molecular weight excluding hydrogens is 242 g/mol. The molecule has 1 saturated heterocycles. The first-order valence-electron chi connectivity index (χ1n) is 6.79. The lowest BCUT2D eigenvalue weighted by Crippen LogP contribution is -2.38. The Hall–Kier alpha value is -1.04. The van der Waals surface area contributed by atoms with Crippen LogP contribution in [0.4, 0.5) is 0 Å². The molecular formula is C14H23N3O2. The summed E-state index contributed by atoms with van der Waals surface area (Å²) in [5.41, 5.74) is 7.40. The quantitative estimate of drug-likeness (QED) is 0.889. The van der Waals surface area contributed by atoms with Crippen LogP contribution >= 0.6 is 0 Å². The van der Waals surface area contributed by atoms with Crippen LogP contribution in [0.3, 0.4) is 0 Å². The molecule has 1 atom stereocenters. The van der Waals surface area contributed by atoms with Gasteiger partial charge >= 0.3 is 0 Å². The standard InChI is InChI=1S/C14H23N3O2/c1-10(15)8-12-9-11(2)16-13(17-12)14(18-3)4-6-19-7-5-14/h9-10H,4-8,15H2,1-3H3. The van der Waals surface area contributed by atoms with Crippen LogP contribution in [0.15, 0.2) is 6.07 Å². The van der Waals surface area contributed by atoms with Gasteiger partial charge in [-0.1, -0.05) is 0 Å². The maximum Gasteiger partial charge on any atom is 0.160 e. The fourth-order valence-electron chi connectivity index (χ4n) is 2.49. The van der Waals surface area contributed by atoms with Gasteiger partial charge in [-0.15, -0.1) is 0 Å². The second kappa shape index (κ2) is 5.94. The number of rotatable bonds is 4. The van der Waals surface area contributed by atoms with Crippen LogP contribution < -0.4 is 5.73 Å². The van der Waals surface area contributed by atoms with Crippen molar-refractivity contribution in [3.63, 3.8) is 0 Å². The molecule has 0 radical (unpaired) electrons. The van der Waals surface area contributed by atoms with Gasteiger partial charge in [-0.25, -0.2) is 9.97 Å². The van der Waals surface area contributed by atoms with E-state index in [0.29, 0.717) is 13.2 Å². The van der Waals surface area contributed by atoms with Crippen molar-refractivity contribution < 1.29 is 9.47 Å². The van der Waals surface area contributed by atoms with E-state index in [9.17, 15) is 0 Å². The maximum absolute atomic E-state index is 5.86. The van der Waals surface area contributed by atoms with Crippen LogP contribution in [-0.2, 0) is 21.5 Å². The third kappa shape index (κ3) is 3.29. The Morgan fingerprint density at radius 1 is 1.42 bits per heavy atom. The van der Waals surface area contributed by atoms with Gasteiger partial charge in [0, 0.05) is 57.0 Å². The molecule has 5 heteroatoms. The summed E-state index contributed by atoms with van der Waals surface area (Å²) in [7, 11) is 1.72. The Balaban J connectivity index is 2.34. The molecule has 1 fully saturated rings. The fraction of sp³-hybridized carbons (Fsp3) is 0.714. The van der Waals surface area contributed by atoms with E-state index in [-0.39, 0.29) is 6.04 Å². The Morgan fingerprint density at radius 2 is 2.11 bits per heavy atom. The van der Waals surface area contributed by atoms with Gasteiger partial charge in [-0.05, 0) is 19.9 Å². The number of aromatic nitrogens is 2. The molecule has 1 aliphatic heterocycles. The Kier molecular flexibility index (Phi) is 4.50. The van der Waals surface area contributed by atoms with E-state index >= 15 is 0 Å². The minimum absolute atomic E-state index is 0.0929. The number of methoxy groups -OCH3 is 1. The molecule has 0 bridgehead atoms. The average molecular weight is 265 g/mol. The molecule has 1 aliphatic rings. The van der Waals surface area contributed by atoms with Crippen LogP contribution in [0.2, 0.25) is 0 Å². The zero-order valence-electron chi connectivity index (χ0n) is 12.0. The summed E-state index contributed by atoms with van der Waals surface area (Å²) in [6.45, 7) is 5.34. The highest BCUT2D eigenvalue weighted by Crippen LogP contribution is 2.33. The van der Waals surface area contributed by atoms with Gasteiger partial charge < -0.3 is 15.2 Å². The average Bonchev–Trinajstić information content (AvgIpc) is 2.38. The molecule has 0 amide bonds. The zero-order chi connectivity index (χ0) is 13.9. The van der Waals surface area contributed by atoms with E-state index in [1.807, 2.05) is 19.9 Å². The van der Waals surface area contributed by atoms with Gasteiger partial charge in [0.05, 0.1) is 0 Å². The number of aryl methyl sites for hydroxylation is 1. The monoisotopic (exact) mass is 265 g/mol. The Bertz CT molecular complexity index is 429. The van der Waals surface area contributed by atoms with E-state index in [4.69, 9.17) is 15.2 Å². The summed E-state index contributed by atoms with van der Waals surface area (Å²) in [6, 6.07) is 2.09. The van der Waals surface area contributed by atoms with E-state index in [1.54, 1.807) is 7.11 Å². The number of nitrogens with zero attached hydrogens (tertiary/aromatic N) is 2. The molecule has 2 rings (SSSR count). The van der Waals surface area contributed by atoms with Gasteiger partial charge in [0.2, 0.25) is 0 Å². The largest absolute Gasteiger partial charge is 0.381 e. The lowest BCUT2D eigenvalue weighted by Gasteiger charge is -2.34. The third-order valence-electron chi connectivity index (χ3n) is 3.54. The highest BCUT2D eigenvalue weighted by molar-refractivity contribution is 5.15. The first kappa shape index (κ1) is 14.4. The number of hydrogen-bond donors (Lipinski definition) is 1. The molecule has 106 valence electrons. The summed E-state index contributed by atoms with van der Waals surface area (Å²) in [5, 5.41) is 0. The van der Waals surface area contributed by atoms with Gasteiger partial charge in [-0.3, -0.25) is 0 Å². The van der Waals surface area contributed by atoms with E-state index < -0.39 is 5.60 Å². The van der Waals surface area contributed by atoms with Crippen LogP contribution in [0.1, 0.15) is 37.0 Å². The van der Waals surface area contributed by atoms with Gasteiger partial charge in [-0.2, -0.15) is 0 Å². The molecule has 5 nitrogen and oxygen atoms in total. The lowest BCUT2D eigenvalue weighted by atomic mass is 9.92. The minimum atomic E-state index is -0.406. The van der Waals surface area contributed by atoms with Crippen molar-refractivity contribution in [1.82, 2.24) is 9.97 Å². The van der Waals surface area contributed by atoms with E-state index in [1.165, 1.54) is 0 Å². The summed E-state index contributed by atoms with van der Waals surface area (Å²) >= 11 is 0. The van der Waals surface area contributed by atoms with Gasteiger partial charge in [0.25, 0.3) is 0 Å². The van der Waals surface area contributed by atoms with Gasteiger partial charge in [0.15, 0.2) is 5.82 Å². The van der Waals surface area contributed by atoms with Crippen LogP contribution in [-0.4, -0.2) is 36.3 Å². The van der Waals surface area contributed by atoms with Crippen LogP contribution in [0.5, 0.6) is 0 Å². The lowest BCUT2D eigenvalue weighted by molar-refractivity contribution is -0.100. The zero-order valence-corrected chi connectivity index (χ0v) is 12.0. The summed E-state index contributed by atoms with van der Waals surface area (Å²) in [4.78, 5) is 9.24. The number of ether oxygens (including phenoxy) is 2. The Morgan fingerprint density at radius 3 is 2.68 bits per heavy atom. The topological polar surface area (TPSA) is 70.3 Å². The Labute approximate surface area is 114 Å². The number of nitrogens with two attached hydrogens (primary N) is 1. The maximum atomic E-state index is 5.86. The molecule has 0 aliphatic carbocycles. The van der Waals surface area contributed by atoms with Crippen molar-refractivity contribution in [3.05, 3.63) is 23.3 Å². The normalized spacial score (nSPS) is 20.2. The van der Waals surface area contributed by atoms with Crippen molar-refractivity contribution in [2.24, 2.45) is 5.73 Å². The van der Waals surface area contributed by atoms with Crippen molar-refractivity contribution >= 4 is 0 Å². The predicted molar refractivity (Wildman–Crippen MR) is 72.9 cm³/mol. The fourth-order valence-corrected chi connectivity index (χ4v) is 2.49. The molecule has 1 aromatic heterocycles. The second-order valence-corrected chi connectivity index (χ2v) is 5.32. The summed E-state index contributed by atoms with van der Waals surface area (Å²) in [6.07, 6.45) is 2.35. The summed E-state index contributed by atoms with van der Waals surface area (Å²) < 4.78 is 11.2. The summed E-state index contributed by atoms with van der Waals surface area (Å²) in [5.74, 6) is 0.772. The molecule has 19 heavy (non-hydrogen) atoms. The first-order valence-corrected chi connectivity index (χ1v) is 6.79. The van der Waals surface area contributed by atoms with Crippen LogP contribution in [0.25, 0.3) is 0 Å². The van der Waals surface area contributed by atoms with E-state index in [2.05, 4.69) is 9.97 Å². The molecule has 1 unspecified atom stereocenters. The highest BCUT2D eigenvalue weighted by Gasteiger charge is 2.37. The van der Waals surface area contributed by atoms with E-state index in [0.717, 1.165) is 36.5 Å². The smallest absolute Gasteiger partial charge is 0.160 e. The predicted octanol–water partition coefficient (Wildman–Crippen LogP) is 1.33. The van der Waals surface area contributed by atoms with Crippen molar-refractivity contribution in [3.8, 4) is 0 Å². The molecule has 2 heterocycles.